The number of hydrogen-bond donors (Lipinski definition) is 1. The number of carbonyl (C=O) groups is 3. The molecule has 1 N–H and O–H groups in total. The van der Waals surface area contributed by atoms with Crippen LogP contribution in [-0.4, -0.2) is 77.4 Å². The largest absolute Gasteiger partial charge is 0.342 e. The molecule has 3 saturated heterocycles. The summed E-state index contributed by atoms with van der Waals surface area (Å²) in [6.07, 6.45) is 13.6. The molecule has 7 nitrogen and oxygen atoms in total. The molecule has 0 radical (unpaired) electrons. The van der Waals surface area contributed by atoms with Crippen molar-refractivity contribution in [2.24, 2.45) is 5.92 Å². The molecule has 184 valence electrons. The molecule has 3 heterocycles. The maximum Gasteiger partial charge on any atom is 0.325 e. The van der Waals surface area contributed by atoms with E-state index in [9.17, 15) is 14.4 Å². The van der Waals surface area contributed by atoms with Crippen molar-refractivity contribution in [2.45, 2.75) is 95.6 Å². The molecule has 33 heavy (non-hydrogen) atoms. The molecular formula is C26H42N4O3. The van der Waals surface area contributed by atoms with Gasteiger partial charge < -0.3 is 15.1 Å². The third-order valence-corrected chi connectivity index (χ3v) is 8.51. The number of urea groups is 1. The van der Waals surface area contributed by atoms with Crippen LogP contribution in [0.1, 0.15) is 84.0 Å². The maximum atomic E-state index is 13.6. The van der Waals surface area contributed by atoms with Crippen molar-refractivity contribution in [1.29, 1.82) is 0 Å². The molecule has 4 rings (SSSR count). The number of allylic oxidation sites excluding steroid dienone is 1. The standard InChI is InChI=1S/C26H42N4O3/c1-3-14-26(24(32)30(25(33)27-26)18-13-22-10-7-15-28(22)2)21-11-16-29(17-12-21)23(31)19-20-8-5-4-6-9-20/h8,21-22H,3-7,9-19H2,1-2H3,(H,27,33)/t22-,26+/m0/s1. The molecule has 4 amide bonds. The molecule has 4 aliphatic rings. The lowest BCUT2D eigenvalue weighted by atomic mass is 9.74. The van der Waals surface area contributed by atoms with Gasteiger partial charge >= 0.3 is 6.03 Å². The number of imide groups is 1. The predicted molar refractivity (Wildman–Crippen MR) is 129 cm³/mol. The van der Waals surface area contributed by atoms with Crippen LogP contribution >= 0.6 is 0 Å². The Labute approximate surface area is 198 Å². The van der Waals surface area contributed by atoms with Crippen molar-refractivity contribution in [3.8, 4) is 0 Å². The van der Waals surface area contributed by atoms with Gasteiger partial charge in [-0.3, -0.25) is 14.5 Å². The Kier molecular flexibility index (Phi) is 7.77. The third kappa shape index (κ3) is 5.13. The second-order valence-electron chi connectivity index (χ2n) is 10.6. The zero-order chi connectivity index (χ0) is 23.4. The number of carbonyl (C=O) groups excluding carboxylic acids is 3. The number of piperidine rings is 1. The van der Waals surface area contributed by atoms with E-state index in [0.717, 1.165) is 51.5 Å². The number of likely N-dealkylation sites (tertiary alicyclic amines) is 2. The minimum atomic E-state index is -0.797. The van der Waals surface area contributed by atoms with Gasteiger partial charge in [-0.15, -0.1) is 0 Å². The Morgan fingerprint density at radius 3 is 2.55 bits per heavy atom. The van der Waals surface area contributed by atoms with Gasteiger partial charge in [-0.2, -0.15) is 0 Å². The van der Waals surface area contributed by atoms with E-state index in [1.807, 2.05) is 4.90 Å². The van der Waals surface area contributed by atoms with Crippen molar-refractivity contribution in [1.82, 2.24) is 20.0 Å². The zero-order valence-corrected chi connectivity index (χ0v) is 20.6. The normalized spacial score (nSPS) is 29.5. The monoisotopic (exact) mass is 458 g/mol. The summed E-state index contributed by atoms with van der Waals surface area (Å²) in [5.41, 5.74) is 0.492. The summed E-state index contributed by atoms with van der Waals surface area (Å²) in [5, 5.41) is 3.15. The third-order valence-electron chi connectivity index (χ3n) is 8.51. The molecule has 0 aromatic carbocycles. The fourth-order valence-corrected chi connectivity index (χ4v) is 6.51. The first kappa shape index (κ1) is 24.2. The molecule has 0 aromatic heterocycles. The van der Waals surface area contributed by atoms with Gasteiger partial charge in [0.2, 0.25) is 5.91 Å². The quantitative estimate of drug-likeness (QED) is 0.445. The van der Waals surface area contributed by atoms with Crippen LogP contribution in [0.4, 0.5) is 4.79 Å². The summed E-state index contributed by atoms with van der Waals surface area (Å²) in [6.45, 7) is 5.03. The number of rotatable bonds is 8. The number of amides is 4. The van der Waals surface area contributed by atoms with E-state index in [1.165, 1.54) is 29.7 Å². The van der Waals surface area contributed by atoms with E-state index >= 15 is 0 Å². The van der Waals surface area contributed by atoms with E-state index in [-0.39, 0.29) is 23.8 Å². The molecule has 3 aliphatic heterocycles. The average molecular weight is 459 g/mol. The first-order valence-electron chi connectivity index (χ1n) is 13.2. The second kappa shape index (κ2) is 10.6. The van der Waals surface area contributed by atoms with Gasteiger partial charge in [-0.05, 0) is 83.7 Å². The lowest BCUT2D eigenvalue weighted by Crippen LogP contribution is -2.56. The molecule has 0 saturated carbocycles. The molecular weight excluding hydrogens is 416 g/mol. The van der Waals surface area contributed by atoms with Crippen LogP contribution in [0.2, 0.25) is 0 Å². The lowest BCUT2D eigenvalue weighted by molar-refractivity contribution is -0.136. The van der Waals surface area contributed by atoms with E-state index in [2.05, 4.69) is 30.3 Å². The molecule has 0 aromatic rings. The van der Waals surface area contributed by atoms with Crippen molar-refractivity contribution in [3.05, 3.63) is 11.6 Å². The lowest BCUT2D eigenvalue weighted by Gasteiger charge is -2.41. The molecule has 0 unspecified atom stereocenters. The summed E-state index contributed by atoms with van der Waals surface area (Å²) in [7, 11) is 2.13. The minimum absolute atomic E-state index is 0.0351. The Morgan fingerprint density at radius 1 is 1.12 bits per heavy atom. The van der Waals surface area contributed by atoms with Gasteiger partial charge in [0, 0.05) is 32.1 Å². The van der Waals surface area contributed by atoms with Crippen molar-refractivity contribution in [2.75, 3.05) is 33.2 Å². The molecule has 2 atom stereocenters. The van der Waals surface area contributed by atoms with Crippen LogP contribution in [0, 0.1) is 5.92 Å². The molecule has 3 fully saturated rings. The first-order valence-corrected chi connectivity index (χ1v) is 13.2. The Bertz CT molecular complexity index is 773. The Morgan fingerprint density at radius 2 is 1.91 bits per heavy atom. The van der Waals surface area contributed by atoms with Crippen LogP contribution < -0.4 is 5.32 Å². The van der Waals surface area contributed by atoms with Crippen molar-refractivity contribution in [3.63, 3.8) is 0 Å². The SMILES string of the molecule is CCC[C@]1(C2CCN(C(=O)CC3=CCCCC3)CC2)NC(=O)N(CC[C@@H]2CCCN2C)C1=O. The fourth-order valence-electron chi connectivity index (χ4n) is 6.51. The summed E-state index contributed by atoms with van der Waals surface area (Å²) in [4.78, 5) is 45.2. The van der Waals surface area contributed by atoms with Gasteiger partial charge in [0.1, 0.15) is 5.54 Å². The van der Waals surface area contributed by atoms with Gasteiger partial charge in [0.15, 0.2) is 0 Å². The highest BCUT2D eigenvalue weighted by atomic mass is 16.2. The van der Waals surface area contributed by atoms with Crippen molar-refractivity contribution < 1.29 is 14.4 Å². The highest BCUT2D eigenvalue weighted by Gasteiger charge is 2.55. The summed E-state index contributed by atoms with van der Waals surface area (Å²) < 4.78 is 0. The van der Waals surface area contributed by atoms with Crippen LogP contribution in [0.5, 0.6) is 0 Å². The van der Waals surface area contributed by atoms with Gasteiger partial charge in [-0.25, -0.2) is 4.79 Å². The Hall–Kier alpha value is -1.89. The number of nitrogens with one attached hydrogen (secondary N) is 1. The van der Waals surface area contributed by atoms with Crippen LogP contribution in [-0.2, 0) is 9.59 Å². The second-order valence-corrected chi connectivity index (χ2v) is 10.6. The zero-order valence-electron chi connectivity index (χ0n) is 20.6. The van der Waals surface area contributed by atoms with Crippen LogP contribution in [0.25, 0.3) is 0 Å². The van der Waals surface area contributed by atoms with E-state index in [1.54, 1.807) is 0 Å². The summed E-state index contributed by atoms with van der Waals surface area (Å²) in [6, 6.07) is 0.233. The molecule has 0 bridgehead atoms. The van der Waals surface area contributed by atoms with Gasteiger partial charge in [0.05, 0.1) is 0 Å². The first-order chi connectivity index (χ1) is 15.9. The number of hydrogen-bond acceptors (Lipinski definition) is 4. The molecule has 0 spiro atoms. The van der Waals surface area contributed by atoms with Gasteiger partial charge in [-0.1, -0.05) is 25.0 Å². The summed E-state index contributed by atoms with van der Waals surface area (Å²) >= 11 is 0. The van der Waals surface area contributed by atoms with Crippen LogP contribution in [0.15, 0.2) is 11.6 Å². The van der Waals surface area contributed by atoms with E-state index < -0.39 is 5.54 Å². The van der Waals surface area contributed by atoms with E-state index in [4.69, 9.17) is 0 Å². The predicted octanol–water partition coefficient (Wildman–Crippen LogP) is 3.69. The van der Waals surface area contributed by atoms with Crippen LogP contribution in [0.3, 0.4) is 0 Å². The highest BCUT2D eigenvalue weighted by molar-refractivity contribution is 6.07. The summed E-state index contributed by atoms with van der Waals surface area (Å²) in [5.74, 6) is 0.272. The number of nitrogens with zero attached hydrogens (tertiary/aromatic N) is 3. The molecule has 7 heteroatoms. The maximum absolute atomic E-state index is 13.6. The minimum Gasteiger partial charge on any atom is -0.342 e. The fraction of sp³-hybridized carbons (Fsp3) is 0.808. The van der Waals surface area contributed by atoms with E-state index in [0.29, 0.717) is 38.5 Å². The average Bonchev–Trinajstić information content (AvgIpc) is 3.33. The smallest absolute Gasteiger partial charge is 0.325 e. The Balaban J connectivity index is 1.36. The topological polar surface area (TPSA) is 73.0 Å². The molecule has 1 aliphatic carbocycles. The van der Waals surface area contributed by atoms with Gasteiger partial charge in [0.25, 0.3) is 5.91 Å². The highest BCUT2D eigenvalue weighted by Crippen LogP contribution is 2.37. The van der Waals surface area contributed by atoms with Crippen molar-refractivity contribution >= 4 is 17.8 Å².